The van der Waals surface area contributed by atoms with Crippen LogP contribution in [0.25, 0.3) is 0 Å². The molecule has 98 valence electrons. The third-order valence-corrected chi connectivity index (χ3v) is 3.65. The predicted molar refractivity (Wildman–Crippen MR) is 72.6 cm³/mol. The lowest BCUT2D eigenvalue weighted by Crippen LogP contribution is -2.36. The van der Waals surface area contributed by atoms with Crippen molar-refractivity contribution >= 4 is 5.91 Å². The van der Waals surface area contributed by atoms with Gasteiger partial charge in [-0.3, -0.25) is 4.79 Å². The van der Waals surface area contributed by atoms with Gasteiger partial charge in [0.1, 0.15) is 5.76 Å². The average molecular weight is 255 g/mol. The maximum Gasteiger partial charge on any atom is 0.223 e. The summed E-state index contributed by atoms with van der Waals surface area (Å²) in [4.78, 5) is 14.1. The van der Waals surface area contributed by atoms with Crippen LogP contribution in [0.5, 0.6) is 0 Å². The lowest BCUT2D eigenvalue weighted by Gasteiger charge is -2.28. The second kappa shape index (κ2) is 5.31. The highest BCUT2D eigenvalue weighted by Gasteiger charge is 2.20. The SMILES string of the molecule is O=C(CCc1ccco1)N1CCc2ccccc2C1. The second-order valence-electron chi connectivity index (χ2n) is 4.91. The van der Waals surface area contributed by atoms with Gasteiger partial charge in [-0.25, -0.2) is 0 Å². The molecule has 0 bridgehead atoms. The van der Waals surface area contributed by atoms with E-state index in [9.17, 15) is 4.79 Å². The fraction of sp³-hybridized carbons (Fsp3) is 0.312. The van der Waals surface area contributed by atoms with E-state index >= 15 is 0 Å². The van der Waals surface area contributed by atoms with E-state index in [0.717, 1.165) is 25.3 Å². The first-order valence-electron chi connectivity index (χ1n) is 6.70. The molecule has 1 aromatic carbocycles. The monoisotopic (exact) mass is 255 g/mol. The summed E-state index contributed by atoms with van der Waals surface area (Å²) in [5.41, 5.74) is 2.65. The van der Waals surface area contributed by atoms with Gasteiger partial charge in [-0.05, 0) is 29.7 Å². The lowest BCUT2D eigenvalue weighted by atomic mass is 9.99. The van der Waals surface area contributed by atoms with E-state index in [1.54, 1.807) is 6.26 Å². The summed E-state index contributed by atoms with van der Waals surface area (Å²) in [5, 5.41) is 0. The molecule has 0 atom stereocenters. The number of nitrogens with zero attached hydrogens (tertiary/aromatic N) is 1. The zero-order chi connectivity index (χ0) is 13.1. The number of carbonyl (C=O) groups excluding carboxylic acids is 1. The molecule has 3 nitrogen and oxygen atoms in total. The van der Waals surface area contributed by atoms with E-state index in [0.29, 0.717) is 12.8 Å². The van der Waals surface area contributed by atoms with Gasteiger partial charge in [0.05, 0.1) is 6.26 Å². The summed E-state index contributed by atoms with van der Waals surface area (Å²) >= 11 is 0. The molecule has 2 heterocycles. The van der Waals surface area contributed by atoms with Crippen LogP contribution in [0, 0.1) is 0 Å². The van der Waals surface area contributed by atoms with E-state index < -0.39 is 0 Å². The van der Waals surface area contributed by atoms with Gasteiger partial charge in [0.15, 0.2) is 0 Å². The van der Waals surface area contributed by atoms with E-state index in [1.807, 2.05) is 23.1 Å². The highest BCUT2D eigenvalue weighted by molar-refractivity contribution is 5.76. The number of rotatable bonds is 3. The summed E-state index contributed by atoms with van der Waals surface area (Å²) in [7, 11) is 0. The Labute approximate surface area is 112 Å². The molecule has 0 N–H and O–H groups in total. The smallest absolute Gasteiger partial charge is 0.223 e. The third-order valence-electron chi connectivity index (χ3n) is 3.65. The topological polar surface area (TPSA) is 33.5 Å². The Kier molecular flexibility index (Phi) is 3.36. The van der Waals surface area contributed by atoms with Crippen molar-refractivity contribution in [1.82, 2.24) is 4.90 Å². The molecule has 1 aromatic heterocycles. The number of benzene rings is 1. The van der Waals surface area contributed by atoms with Crippen molar-refractivity contribution in [1.29, 1.82) is 0 Å². The van der Waals surface area contributed by atoms with Crippen molar-refractivity contribution in [2.45, 2.75) is 25.8 Å². The van der Waals surface area contributed by atoms with Crippen LogP contribution in [0.1, 0.15) is 23.3 Å². The van der Waals surface area contributed by atoms with Gasteiger partial charge in [0, 0.05) is 25.9 Å². The molecular formula is C16H17NO2. The van der Waals surface area contributed by atoms with Gasteiger partial charge >= 0.3 is 0 Å². The standard InChI is InChI=1S/C16H17NO2/c18-16(8-7-15-6-3-11-19-15)17-10-9-13-4-1-2-5-14(13)12-17/h1-6,11H,7-10,12H2. The lowest BCUT2D eigenvalue weighted by molar-refractivity contribution is -0.132. The fourth-order valence-corrected chi connectivity index (χ4v) is 2.55. The van der Waals surface area contributed by atoms with Crippen LogP contribution in [-0.2, 0) is 24.2 Å². The van der Waals surface area contributed by atoms with Crippen LogP contribution in [0.3, 0.4) is 0 Å². The number of carbonyl (C=O) groups is 1. The van der Waals surface area contributed by atoms with E-state index in [4.69, 9.17) is 4.42 Å². The Bertz CT molecular complexity index is 560. The van der Waals surface area contributed by atoms with Crippen molar-refractivity contribution in [2.24, 2.45) is 0 Å². The quantitative estimate of drug-likeness (QED) is 0.845. The highest BCUT2D eigenvalue weighted by Crippen LogP contribution is 2.19. The Balaban J connectivity index is 1.60. The summed E-state index contributed by atoms with van der Waals surface area (Å²) in [6.07, 6.45) is 3.82. The van der Waals surface area contributed by atoms with E-state index in [2.05, 4.69) is 18.2 Å². The summed E-state index contributed by atoms with van der Waals surface area (Å²) in [6.45, 7) is 1.57. The van der Waals surface area contributed by atoms with Crippen molar-refractivity contribution in [3.63, 3.8) is 0 Å². The molecule has 3 heteroatoms. The first kappa shape index (κ1) is 12.0. The molecule has 0 radical (unpaired) electrons. The molecule has 0 spiro atoms. The molecule has 0 unspecified atom stereocenters. The predicted octanol–water partition coefficient (Wildman–Crippen LogP) is 2.80. The molecule has 2 aromatic rings. The van der Waals surface area contributed by atoms with Crippen molar-refractivity contribution in [3.8, 4) is 0 Å². The molecule has 0 saturated carbocycles. The second-order valence-corrected chi connectivity index (χ2v) is 4.91. The molecule has 0 saturated heterocycles. The Hall–Kier alpha value is -2.03. The van der Waals surface area contributed by atoms with Crippen LogP contribution in [-0.4, -0.2) is 17.4 Å². The third kappa shape index (κ3) is 2.70. The molecular weight excluding hydrogens is 238 g/mol. The largest absolute Gasteiger partial charge is 0.469 e. The Morgan fingerprint density at radius 2 is 2.00 bits per heavy atom. The van der Waals surface area contributed by atoms with Crippen LogP contribution in [0.4, 0.5) is 0 Å². The molecule has 19 heavy (non-hydrogen) atoms. The number of aryl methyl sites for hydroxylation is 1. The molecule has 3 rings (SSSR count). The number of furan rings is 1. The minimum absolute atomic E-state index is 0.214. The molecule has 1 aliphatic heterocycles. The molecule has 0 fully saturated rings. The maximum absolute atomic E-state index is 12.2. The first-order valence-corrected chi connectivity index (χ1v) is 6.70. The summed E-state index contributed by atoms with van der Waals surface area (Å²) in [6, 6.07) is 12.1. The zero-order valence-electron chi connectivity index (χ0n) is 10.8. The Morgan fingerprint density at radius 1 is 1.16 bits per heavy atom. The number of hydrogen-bond acceptors (Lipinski definition) is 2. The van der Waals surface area contributed by atoms with Gasteiger partial charge in [0.25, 0.3) is 0 Å². The van der Waals surface area contributed by atoms with Crippen LogP contribution >= 0.6 is 0 Å². The Morgan fingerprint density at radius 3 is 2.79 bits per heavy atom. The zero-order valence-corrected chi connectivity index (χ0v) is 10.8. The van der Waals surface area contributed by atoms with Gasteiger partial charge in [-0.15, -0.1) is 0 Å². The number of hydrogen-bond donors (Lipinski definition) is 0. The van der Waals surface area contributed by atoms with Crippen molar-refractivity contribution in [2.75, 3.05) is 6.54 Å². The maximum atomic E-state index is 12.2. The van der Waals surface area contributed by atoms with Crippen LogP contribution < -0.4 is 0 Å². The number of fused-ring (bicyclic) bond motifs is 1. The van der Waals surface area contributed by atoms with Crippen molar-refractivity contribution in [3.05, 3.63) is 59.5 Å². The van der Waals surface area contributed by atoms with Gasteiger partial charge < -0.3 is 9.32 Å². The normalized spacial score (nSPS) is 14.2. The average Bonchev–Trinajstić information content (AvgIpc) is 2.97. The van der Waals surface area contributed by atoms with Gasteiger partial charge in [0.2, 0.25) is 5.91 Å². The van der Waals surface area contributed by atoms with Crippen LogP contribution in [0.2, 0.25) is 0 Å². The molecule has 1 aliphatic rings. The van der Waals surface area contributed by atoms with Crippen LogP contribution in [0.15, 0.2) is 47.1 Å². The summed E-state index contributed by atoms with van der Waals surface area (Å²) < 4.78 is 5.26. The highest BCUT2D eigenvalue weighted by atomic mass is 16.3. The minimum Gasteiger partial charge on any atom is -0.469 e. The van der Waals surface area contributed by atoms with Gasteiger partial charge in [-0.2, -0.15) is 0 Å². The fourth-order valence-electron chi connectivity index (χ4n) is 2.55. The molecule has 1 amide bonds. The number of amides is 1. The van der Waals surface area contributed by atoms with E-state index in [1.165, 1.54) is 11.1 Å². The van der Waals surface area contributed by atoms with Gasteiger partial charge in [-0.1, -0.05) is 24.3 Å². The minimum atomic E-state index is 0.214. The molecule has 0 aliphatic carbocycles. The van der Waals surface area contributed by atoms with Crippen molar-refractivity contribution < 1.29 is 9.21 Å². The summed E-state index contributed by atoms with van der Waals surface area (Å²) in [5.74, 6) is 1.09. The first-order chi connectivity index (χ1) is 9.33. The van der Waals surface area contributed by atoms with E-state index in [-0.39, 0.29) is 5.91 Å².